The number of rotatable bonds is 4. The van der Waals surface area contributed by atoms with Gasteiger partial charge in [-0.15, -0.1) is 11.3 Å². The fraction of sp³-hybridized carbons (Fsp3) is 0.381. The molecule has 1 aromatic heterocycles. The van der Waals surface area contributed by atoms with E-state index in [1.807, 2.05) is 6.07 Å². The lowest BCUT2D eigenvalue weighted by atomic mass is 10.0. The van der Waals surface area contributed by atoms with Crippen LogP contribution < -0.4 is 5.32 Å². The van der Waals surface area contributed by atoms with Crippen LogP contribution in [-0.2, 0) is 4.79 Å². The summed E-state index contributed by atoms with van der Waals surface area (Å²) in [6, 6.07) is 11.3. The van der Waals surface area contributed by atoms with Gasteiger partial charge in [0.15, 0.2) is 5.66 Å². The summed E-state index contributed by atoms with van der Waals surface area (Å²) in [4.78, 5) is 23.7. The number of thiophene rings is 1. The minimum absolute atomic E-state index is 0.0534. The lowest BCUT2D eigenvalue weighted by Gasteiger charge is -2.20. The van der Waals surface area contributed by atoms with E-state index in [-0.39, 0.29) is 11.6 Å². The second-order valence-electron chi connectivity index (χ2n) is 7.10. The van der Waals surface area contributed by atoms with Crippen LogP contribution in [0.5, 0.6) is 0 Å². The Morgan fingerprint density at radius 1 is 1.11 bits per heavy atom. The highest BCUT2D eigenvalue weighted by atomic mass is 35.5. The van der Waals surface area contributed by atoms with Crippen LogP contribution in [0, 0.1) is 0 Å². The quantitative estimate of drug-likeness (QED) is 0.642. The smallest absolute Gasteiger partial charge is 0.234 e. The SMILES string of the molecule is O=C(CSC1=NC2(CCCCCC2)N=C1c1cccs1)Nc1ccc(Cl)cc1. The maximum Gasteiger partial charge on any atom is 0.234 e. The Kier molecular flexibility index (Phi) is 6.19. The van der Waals surface area contributed by atoms with Crippen molar-refractivity contribution in [3.63, 3.8) is 0 Å². The van der Waals surface area contributed by atoms with Gasteiger partial charge in [0.1, 0.15) is 10.8 Å². The number of anilines is 1. The van der Waals surface area contributed by atoms with Crippen molar-refractivity contribution in [1.82, 2.24) is 0 Å². The molecule has 1 saturated carbocycles. The van der Waals surface area contributed by atoms with Gasteiger partial charge in [-0.3, -0.25) is 9.79 Å². The van der Waals surface area contributed by atoms with Crippen LogP contribution >= 0.6 is 34.7 Å². The second kappa shape index (κ2) is 8.80. The predicted octanol–water partition coefficient (Wildman–Crippen LogP) is 6.03. The molecule has 1 spiro atoms. The monoisotopic (exact) mass is 431 g/mol. The van der Waals surface area contributed by atoms with Gasteiger partial charge >= 0.3 is 0 Å². The molecule has 0 atom stereocenters. The van der Waals surface area contributed by atoms with Crippen LogP contribution in [0.15, 0.2) is 51.8 Å². The number of carbonyl (C=O) groups is 1. The van der Waals surface area contributed by atoms with Crippen LogP contribution in [-0.4, -0.2) is 28.1 Å². The Bertz CT molecular complexity index is 883. The fourth-order valence-corrected chi connectivity index (χ4v) is 5.35. The highest BCUT2D eigenvalue weighted by molar-refractivity contribution is 8.16. The van der Waals surface area contributed by atoms with Crippen LogP contribution in [0.25, 0.3) is 0 Å². The van der Waals surface area contributed by atoms with Gasteiger partial charge in [0, 0.05) is 10.7 Å². The highest BCUT2D eigenvalue weighted by Crippen LogP contribution is 2.38. The number of hydrogen-bond acceptors (Lipinski definition) is 5. The van der Waals surface area contributed by atoms with Gasteiger partial charge < -0.3 is 5.32 Å². The number of benzene rings is 1. The van der Waals surface area contributed by atoms with Crippen molar-refractivity contribution in [3.05, 3.63) is 51.7 Å². The molecule has 0 unspecified atom stereocenters. The van der Waals surface area contributed by atoms with Crippen molar-refractivity contribution < 1.29 is 4.79 Å². The van der Waals surface area contributed by atoms with E-state index in [1.165, 1.54) is 37.4 Å². The number of halogens is 1. The van der Waals surface area contributed by atoms with Crippen LogP contribution in [0.2, 0.25) is 5.02 Å². The number of carbonyl (C=O) groups excluding carboxylic acids is 1. The van der Waals surface area contributed by atoms with Gasteiger partial charge in [-0.1, -0.05) is 42.3 Å². The van der Waals surface area contributed by atoms with Crippen LogP contribution in [0.1, 0.15) is 43.4 Å². The molecule has 2 heterocycles. The average Bonchev–Trinajstić information content (AvgIpc) is 3.27. The maximum absolute atomic E-state index is 12.4. The number of nitrogens with zero attached hydrogens (tertiary/aromatic N) is 2. The third kappa shape index (κ3) is 4.67. The highest BCUT2D eigenvalue weighted by Gasteiger charge is 2.37. The molecule has 7 heteroatoms. The molecule has 146 valence electrons. The number of aliphatic imine (C=N–C) groups is 2. The normalized spacial score (nSPS) is 18.5. The van der Waals surface area contributed by atoms with Crippen molar-refractivity contribution in [2.45, 2.75) is 44.2 Å². The Morgan fingerprint density at radius 2 is 1.86 bits per heavy atom. The fourth-order valence-electron chi connectivity index (χ4n) is 3.58. The van der Waals surface area contributed by atoms with Gasteiger partial charge in [0.2, 0.25) is 5.91 Å². The molecule has 28 heavy (non-hydrogen) atoms. The molecule has 1 aliphatic carbocycles. The first kappa shape index (κ1) is 19.7. The van der Waals surface area contributed by atoms with Crippen molar-refractivity contribution in [1.29, 1.82) is 0 Å². The molecule has 1 aliphatic heterocycles. The molecule has 1 amide bonds. The van der Waals surface area contributed by atoms with E-state index in [4.69, 9.17) is 21.6 Å². The Hall–Kier alpha value is -1.63. The second-order valence-corrected chi connectivity index (χ2v) is 9.44. The van der Waals surface area contributed by atoms with Gasteiger partial charge in [-0.05, 0) is 61.4 Å². The Labute approximate surface area is 178 Å². The summed E-state index contributed by atoms with van der Waals surface area (Å²) in [5.41, 5.74) is 1.39. The first-order valence-corrected chi connectivity index (χ1v) is 11.8. The van der Waals surface area contributed by atoms with E-state index >= 15 is 0 Å². The predicted molar refractivity (Wildman–Crippen MR) is 121 cm³/mol. The minimum Gasteiger partial charge on any atom is -0.325 e. The number of hydrogen-bond donors (Lipinski definition) is 1. The first-order chi connectivity index (χ1) is 13.6. The molecule has 2 aliphatic rings. The van der Waals surface area contributed by atoms with Gasteiger partial charge in [0.05, 0.1) is 10.6 Å². The molecule has 4 rings (SSSR count). The van der Waals surface area contributed by atoms with E-state index in [9.17, 15) is 4.79 Å². The van der Waals surface area contributed by atoms with Gasteiger partial charge in [0.25, 0.3) is 0 Å². The third-order valence-electron chi connectivity index (χ3n) is 4.96. The molecule has 0 bridgehead atoms. The van der Waals surface area contributed by atoms with E-state index in [1.54, 1.807) is 35.6 Å². The van der Waals surface area contributed by atoms with Gasteiger partial charge in [-0.25, -0.2) is 4.99 Å². The first-order valence-electron chi connectivity index (χ1n) is 9.56. The molecule has 1 aromatic carbocycles. The van der Waals surface area contributed by atoms with Crippen molar-refractivity contribution in [3.8, 4) is 0 Å². The topological polar surface area (TPSA) is 53.8 Å². The largest absolute Gasteiger partial charge is 0.325 e. The van der Waals surface area contributed by atoms with E-state index in [0.717, 1.165) is 34.2 Å². The molecule has 4 nitrogen and oxygen atoms in total. The molecule has 0 saturated heterocycles. The summed E-state index contributed by atoms with van der Waals surface area (Å²) in [5.74, 6) is 0.254. The third-order valence-corrected chi connectivity index (χ3v) is 7.05. The van der Waals surface area contributed by atoms with E-state index in [0.29, 0.717) is 10.8 Å². The summed E-state index contributed by atoms with van der Waals surface area (Å²) in [7, 11) is 0. The zero-order chi connectivity index (χ0) is 19.4. The molecule has 2 aromatic rings. The summed E-state index contributed by atoms with van der Waals surface area (Å²) < 4.78 is 0. The zero-order valence-electron chi connectivity index (χ0n) is 15.5. The Balaban J connectivity index is 1.47. The number of thioether (sulfide) groups is 1. The van der Waals surface area contributed by atoms with Crippen LogP contribution in [0.4, 0.5) is 5.69 Å². The summed E-state index contributed by atoms with van der Waals surface area (Å²) in [5, 5.41) is 6.52. The molecular formula is C21H22ClN3OS2. The maximum atomic E-state index is 12.4. The summed E-state index contributed by atoms with van der Waals surface area (Å²) in [6.45, 7) is 0. The lowest BCUT2D eigenvalue weighted by molar-refractivity contribution is -0.113. The van der Waals surface area contributed by atoms with Crippen molar-refractivity contribution in [2.75, 3.05) is 11.1 Å². The van der Waals surface area contributed by atoms with Crippen molar-refractivity contribution >= 4 is 57.0 Å². The van der Waals surface area contributed by atoms with E-state index < -0.39 is 0 Å². The number of amides is 1. The summed E-state index contributed by atoms with van der Waals surface area (Å²) in [6.07, 6.45) is 6.85. The average molecular weight is 432 g/mol. The van der Waals surface area contributed by atoms with E-state index in [2.05, 4.69) is 16.8 Å². The Morgan fingerprint density at radius 3 is 2.54 bits per heavy atom. The minimum atomic E-state index is -0.315. The molecule has 0 radical (unpaired) electrons. The molecular weight excluding hydrogens is 410 g/mol. The lowest BCUT2D eigenvalue weighted by Crippen LogP contribution is -2.20. The summed E-state index contributed by atoms with van der Waals surface area (Å²) >= 11 is 9.06. The van der Waals surface area contributed by atoms with Gasteiger partial charge in [-0.2, -0.15) is 0 Å². The molecule has 1 N–H and O–H groups in total. The van der Waals surface area contributed by atoms with Crippen LogP contribution in [0.3, 0.4) is 0 Å². The molecule has 1 fully saturated rings. The standard InChI is InChI=1S/C21H22ClN3OS2/c22-15-7-9-16(10-8-15)23-18(26)14-28-20-19(17-6-5-13-27-17)24-21(25-20)11-3-1-2-4-12-21/h5-10,13H,1-4,11-12,14H2,(H,23,26). The van der Waals surface area contributed by atoms with Crippen molar-refractivity contribution in [2.24, 2.45) is 9.98 Å². The number of nitrogens with one attached hydrogen (secondary N) is 1. The zero-order valence-corrected chi connectivity index (χ0v) is 17.9.